The Bertz CT molecular complexity index is 1110. The predicted molar refractivity (Wildman–Crippen MR) is 110 cm³/mol. The van der Waals surface area contributed by atoms with Crippen LogP contribution in [-0.4, -0.2) is 0 Å². The fraction of sp³-hybridized carbons (Fsp3) is 0.0435. The van der Waals surface area contributed by atoms with E-state index in [-0.39, 0.29) is 0 Å². The molecule has 4 nitrogen and oxygen atoms in total. The van der Waals surface area contributed by atoms with Gasteiger partial charge in [0.15, 0.2) is 0 Å². The smallest absolute Gasteiger partial charge is 0.0863 e. The third-order valence-corrected chi connectivity index (χ3v) is 4.16. The molecule has 0 saturated carbocycles. The van der Waals surface area contributed by atoms with Crippen molar-refractivity contribution >= 4 is 33.5 Å². The zero-order valence-electron chi connectivity index (χ0n) is 14.9. The minimum Gasteiger partial charge on any atom is -0.151 e. The zero-order chi connectivity index (χ0) is 18.5. The van der Waals surface area contributed by atoms with Crippen LogP contribution in [-0.2, 0) is 0 Å². The quantitative estimate of drug-likeness (QED) is 0.335. The second kappa shape index (κ2) is 7.70. The second-order valence-electron chi connectivity index (χ2n) is 6.29. The van der Waals surface area contributed by atoms with E-state index in [1.807, 2.05) is 91.0 Å². The molecule has 4 aromatic carbocycles. The maximum Gasteiger partial charge on any atom is 0.0863 e. The average molecular weight is 350 g/mol. The number of rotatable bonds is 4. The summed E-state index contributed by atoms with van der Waals surface area (Å²) in [6.07, 6.45) is 0. The van der Waals surface area contributed by atoms with Crippen molar-refractivity contribution < 1.29 is 0 Å². The Morgan fingerprint density at radius 1 is 0.444 bits per heavy atom. The van der Waals surface area contributed by atoms with Gasteiger partial charge in [-0.05, 0) is 66.2 Å². The molecule has 0 fully saturated rings. The normalized spacial score (nSPS) is 11.6. The molecule has 0 heterocycles. The largest absolute Gasteiger partial charge is 0.151 e. The molecular weight excluding hydrogens is 332 g/mol. The molecule has 0 bridgehead atoms. The van der Waals surface area contributed by atoms with E-state index in [1.54, 1.807) is 0 Å². The van der Waals surface area contributed by atoms with E-state index >= 15 is 0 Å². The monoisotopic (exact) mass is 350 g/mol. The molecule has 4 heteroatoms. The van der Waals surface area contributed by atoms with Crippen molar-refractivity contribution in [2.75, 3.05) is 0 Å². The highest BCUT2D eigenvalue weighted by atomic mass is 15.1. The van der Waals surface area contributed by atoms with Crippen molar-refractivity contribution in [2.24, 2.45) is 20.5 Å². The van der Waals surface area contributed by atoms with E-state index in [0.29, 0.717) is 0 Å². The van der Waals surface area contributed by atoms with Crippen molar-refractivity contribution in [3.63, 3.8) is 0 Å². The number of hydrogen-bond acceptors (Lipinski definition) is 4. The molecule has 0 aromatic heterocycles. The van der Waals surface area contributed by atoms with Gasteiger partial charge >= 0.3 is 0 Å². The zero-order valence-corrected chi connectivity index (χ0v) is 14.9. The van der Waals surface area contributed by atoms with Gasteiger partial charge in [0.1, 0.15) is 0 Å². The highest BCUT2D eigenvalue weighted by molar-refractivity contribution is 5.87. The van der Waals surface area contributed by atoms with Gasteiger partial charge in [0.25, 0.3) is 0 Å². The summed E-state index contributed by atoms with van der Waals surface area (Å²) in [7, 11) is 0. The number of fused-ring (bicyclic) bond motifs is 1. The lowest BCUT2D eigenvalue weighted by Crippen LogP contribution is -1.73. The van der Waals surface area contributed by atoms with E-state index in [0.717, 1.165) is 33.5 Å². The van der Waals surface area contributed by atoms with Gasteiger partial charge in [-0.3, -0.25) is 0 Å². The summed E-state index contributed by atoms with van der Waals surface area (Å²) < 4.78 is 0. The summed E-state index contributed by atoms with van der Waals surface area (Å²) in [4.78, 5) is 0. The summed E-state index contributed by atoms with van der Waals surface area (Å²) in [5.74, 6) is 0. The van der Waals surface area contributed by atoms with Gasteiger partial charge < -0.3 is 0 Å². The summed E-state index contributed by atoms with van der Waals surface area (Å²) in [6, 6.07) is 29.7. The number of benzene rings is 4. The van der Waals surface area contributed by atoms with Crippen LogP contribution in [0.3, 0.4) is 0 Å². The Labute approximate surface area is 157 Å². The first-order chi connectivity index (χ1) is 13.3. The van der Waals surface area contributed by atoms with E-state index in [1.165, 1.54) is 5.56 Å². The molecule has 0 amide bonds. The third-order valence-electron chi connectivity index (χ3n) is 4.16. The summed E-state index contributed by atoms with van der Waals surface area (Å²) in [5.41, 5.74) is 4.49. The first-order valence-electron chi connectivity index (χ1n) is 8.75. The van der Waals surface area contributed by atoms with Crippen LogP contribution in [0.2, 0.25) is 0 Å². The van der Waals surface area contributed by atoms with E-state index in [2.05, 4.69) is 27.4 Å². The molecule has 0 spiro atoms. The number of aryl methyl sites for hydroxylation is 1. The molecule has 0 aliphatic heterocycles. The van der Waals surface area contributed by atoms with Gasteiger partial charge in [0, 0.05) is 0 Å². The predicted octanol–water partition coefficient (Wildman–Crippen LogP) is 7.98. The lowest BCUT2D eigenvalue weighted by Gasteiger charge is -2.01. The molecule has 27 heavy (non-hydrogen) atoms. The molecule has 0 radical (unpaired) electrons. The van der Waals surface area contributed by atoms with Crippen LogP contribution in [0.4, 0.5) is 22.7 Å². The molecule has 4 rings (SSSR count). The molecule has 4 aromatic rings. The molecule has 0 atom stereocenters. The highest BCUT2D eigenvalue weighted by Gasteiger charge is 1.99. The van der Waals surface area contributed by atoms with E-state index < -0.39 is 0 Å². The topological polar surface area (TPSA) is 49.4 Å². The number of hydrogen-bond donors (Lipinski definition) is 0. The lowest BCUT2D eigenvalue weighted by atomic mass is 10.1. The van der Waals surface area contributed by atoms with Crippen LogP contribution in [0.15, 0.2) is 111 Å². The van der Waals surface area contributed by atoms with Gasteiger partial charge in [-0.25, -0.2) is 0 Å². The summed E-state index contributed by atoms with van der Waals surface area (Å²) >= 11 is 0. The third kappa shape index (κ3) is 4.30. The van der Waals surface area contributed by atoms with Crippen LogP contribution in [0.1, 0.15) is 5.56 Å². The number of azo groups is 2. The fourth-order valence-corrected chi connectivity index (χ4v) is 2.68. The molecule has 130 valence electrons. The molecule has 0 unspecified atom stereocenters. The molecule has 0 saturated heterocycles. The van der Waals surface area contributed by atoms with Crippen molar-refractivity contribution in [3.8, 4) is 0 Å². The van der Waals surface area contributed by atoms with Gasteiger partial charge in [0.2, 0.25) is 0 Å². The Balaban J connectivity index is 1.59. The second-order valence-corrected chi connectivity index (χ2v) is 6.29. The summed E-state index contributed by atoms with van der Waals surface area (Å²) in [5, 5.41) is 19.4. The van der Waals surface area contributed by atoms with Crippen molar-refractivity contribution in [2.45, 2.75) is 6.92 Å². The minimum atomic E-state index is 0.805. The fourth-order valence-electron chi connectivity index (χ4n) is 2.68. The summed E-state index contributed by atoms with van der Waals surface area (Å²) in [6.45, 7) is 2.05. The van der Waals surface area contributed by atoms with Crippen LogP contribution in [0.25, 0.3) is 10.8 Å². The van der Waals surface area contributed by atoms with E-state index in [4.69, 9.17) is 0 Å². The number of nitrogens with zero attached hydrogens (tertiary/aromatic N) is 4. The van der Waals surface area contributed by atoms with Crippen LogP contribution in [0.5, 0.6) is 0 Å². The average Bonchev–Trinajstić information content (AvgIpc) is 2.72. The SMILES string of the molecule is Cc1ccc(N=Nc2ccc3ccc(N=Nc4ccccc4)cc3c2)cc1. The van der Waals surface area contributed by atoms with Gasteiger partial charge in [-0.15, -0.1) is 0 Å². The molecule has 0 N–H and O–H groups in total. The van der Waals surface area contributed by atoms with E-state index in [9.17, 15) is 0 Å². The van der Waals surface area contributed by atoms with Gasteiger partial charge in [-0.1, -0.05) is 48.0 Å². The Hall–Kier alpha value is -3.66. The van der Waals surface area contributed by atoms with Gasteiger partial charge in [-0.2, -0.15) is 20.5 Å². The van der Waals surface area contributed by atoms with Crippen LogP contribution in [0, 0.1) is 6.92 Å². The first kappa shape index (κ1) is 16.8. The lowest BCUT2D eigenvalue weighted by molar-refractivity contribution is 1.23. The maximum absolute atomic E-state index is 4.35. The minimum absolute atomic E-state index is 0.805. The Morgan fingerprint density at radius 2 is 0.926 bits per heavy atom. The Kier molecular flexibility index (Phi) is 4.79. The molecule has 0 aliphatic rings. The highest BCUT2D eigenvalue weighted by Crippen LogP contribution is 2.27. The standard InChI is InChI=1S/C23H18N4/c1-17-7-11-21(12-8-17)25-27-23-14-10-18-9-13-22(15-19(18)16-23)26-24-20-5-3-2-4-6-20/h2-16H,1H3. The van der Waals surface area contributed by atoms with Crippen LogP contribution >= 0.6 is 0 Å². The molecule has 0 aliphatic carbocycles. The molecular formula is C23H18N4. The van der Waals surface area contributed by atoms with Gasteiger partial charge in [0.05, 0.1) is 22.7 Å². The first-order valence-corrected chi connectivity index (χ1v) is 8.75. The van der Waals surface area contributed by atoms with Crippen LogP contribution < -0.4 is 0 Å². The van der Waals surface area contributed by atoms with Crippen molar-refractivity contribution in [1.82, 2.24) is 0 Å². The van der Waals surface area contributed by atoms with Crippen molar-refractivity contribution in [3.05, 3.63) is 96.6 Å². The Morgan fingerprint density at radius 3 is 1.52 bits per heavy atom. The van der Waals surface area contributed by atoms with Crippen molar-refractivity contribution in [1.29, 1.82) is 0 Å². The maximum atomic E-state index is 4.35.